The second kappa shape index (κ2) is 6.55. The second-order valence-electron chi connectivity index (χ2n) is 6.23. The zero-order chi connectivity index (χ0) is 14.6. The number of carbonyl (C=O) groups excluding carboxylic acids is 1. The van der Waals surface area contributed by atoms with E-state index in [4.69, 9.17) is 5.11 Å². The lowest BCUT2D eigenvalue weighted by Crippen LogP contribution is -2.52. The number of nitrogens with zero attached hydrogens (tertiary/aromatic N) is 3. The van der Waals surface area contributed by atoms with Crippen molar-refractivity contribution >= 4 is 5.91 Å². The molecule has 0 aromatic carbocycles. The number of likely N-dealkylation sites (N-methyl/N-ethyl adjacent to an activating group) is 1. The third kappa shape index (κ3) is 3.13. The first kappa shape index (κ1) is 15.3. The number of carbonyl (C=O) groups is 1. The van der Waals surface area contributed by atoms with E-state index in [0.717, 1.165) is 51.6 Å². The molecule has 1 aliphatic carbocycles. The first-order valence-electron chi connectivity index (χ1n) is 7.62. The summed E-state index contributed by atoms with van der Waals surface area (Å²) < 4.78 is 0. The topological polar surface area (TPSA) is 67.6 Å². The molecule has 1 atom stereocenters. The number of amides is 1. The maximum absolute atomic E-state index is 12.4. The smallest absolute Gasteiger partial charge is 0.237 e. The summed E-state index contributed by atoms with van der Waals surface area (Å²) in [6, 6.07) is 2.39. The maximum atomic E-state index is 12.4. The minimum atomic E-state index is -0.592. The van der Waals surface area contributed by atoms with Crippen LogP contribution in [0.3, 0.4) is 0 Å². The highest BCUT2D eigenvalue weighted by Crippen LogP contribution is 2.32. The number of aliphatic hydroxyl groups excluding tert-OH is 1. The molecular formula is C15H25N3O2. The fourth-order valence-corrected chi connectivity index (χ4v) is 3.40. The van der Waals surface area contributed by atoms with Gasteiger partial charge in [0.1, 0.15) is 5.54 Å². The zero-order valence-corrected chi connectivity index (χ0v) is 12.3. The van der Waals surface area contributed by atoms with Crippen molar-refractivity contribution in [1.82, 2.24) is 9.80 Å². The van der Waals surface area contributed by atoms with Crippen molar-refractivity contribution < 1.29 is 9.90 Å². The molecule has 0 bridgehead atoms. The number of nitriles is 1. The van der Waals surface area contributed by atoms with Crippen LogP contribution >= 0.6 is 0 Å². The van der Waals surface area contributed by atoms with Gasteiger partial charge < -0.3 is 10.0 Å². The van der Waals surface area contributed by atoms with Gasteiger partial charge in [0.25, 0.3) is 0 Å². The number of hydrogen-bond donors (Lipinski definition) is 1. The molecule has 1 saturated heterocycles. The van der Waals surface area contributed by atoms with Crippen LogP contribution in [0.25, 0.3) is 0 Å². The Balaban J connectivity index is 1.93. The van der Waals surface area contributed by atoms with Crippen LogP contribution in [0, 0.1) is 17.2 Å². The van der Waals surface area contributed by atoms with Gasteiger partial charge in [0.15, 0.2) is 0 Å². The Hall–Kier alpha value is -1.12. The molecule has 1 amide bonds. The summed E-state index contributed by atoms with van der Waals surface area (Å²) in [5, 5.41) is 18.7. The summed E-state index contributed by atoms with van der Waals surface area (Å²) in [5.41, 5.74) is -0.592. The van der Waals surface area contributed by atoms with Crippen LogP contribution in [-0.2, 0) is 4.79 Å². The van der Waals surface area contributed by atoms with Crippen molar-refractivity contribution in [2.45, 2.75) is 44.1 Å². The van der Waals surface area contributed by atoms with Crippen molar-refractivity contribution in [2.75, 3.05) is 33.3 Å². The average Bonchev–Trinajstić information content (AvgIpc) is 2.94. The molecule has 1 saturated carbocycles. The van der Waals surface area contributed by atoms with Gasteiger partial charge in [-0.2, -0.15) is 5.26 Å². The van der Waals surface area contributed by atoms with E-state index in [-0.39, 0.29) is 12.5 Å². The molecule has 1 heterocycles. The maximum Gasteiger partial charge on any atom is 0.237 e. The molecule has 1 aliphatic heterocycles. The summed E-state index contributed by atoms with van der Waals surface area (Å²) in [4.78, 5) is 16.2. The van der Waals surface area contributed by atoms with Gasteiger partial charge in [-0.25, -0.2) is 0 Å². The molecule has 2 fully saturated rings. The third-order valence-corrected chi connectivity index (χ3v) is 4.89. The summed E-state index contributed by atoms with van der Waals surface area (Å²) in [6.07, 6.45) is 5.77. The molecular weight excluding hydrogens is 254 g/mol. The average molecular weight is 279 g/mol. The van der Waals surface area contributed by atoms with Gasteiger partial charge in [-0.05, 0) is 31.7 Å². The Morgan fingerprint density at radius 3 is 2.70 bits per heavy atom. The fourth-order valence-electron chi connectivity index (χ4n) is 3.40. The SMILES string of the molecule is CN(C(=O)CN1CCC(CO)C1)C1(C#N)CCCCC1. The quantitative estimate of drug-likeness (QED) is 0.833. The summed E-state index contributed by atoms with van der Waals surface area (Å²) in [7, 11) is 1.77. The standard InChI is InChI=1S/C15H25N3O2/c1-17(15(12-16)6-3-2-4-7-15)14(20)10-18-8-5-13(9-18)11-19/h13,19H,2-11H2,1H3. The van der Waals surface area contributed by atoms with Crippen LogP contribution in [0.2, 0.25) is 0 Å². The van der Waals surface area contributed by atoms with Crippen LogP contribution in [0.5, 0.6) is 0 Å². The zero-order valence-electron chi connectivity index (χ0n) is 12.3. The minimum absolute atomic E-state index is 0.0343. The Kier molecular flexibility index (Phi) is 5.00. The molecule has 5 nitrogen and oxygen atoms in total. The van der Waals surface area contributed by atoms with Crippen LogP contribution in [-0.4, -0.2) is 59.6 Å². The number of likely N-dealkylation sites (tertiary alicyclic amines) is 1. The largest absolute Gasteiger partial charge is 0.396 e. The number of rotatable bonds is 4. The summed E-state index contributed by atoms with van der Waals surface area (Å²) >= 11 is 0. The minimum Gasteiger partial charge on any atom is -0.396 e. The highest BCUT2D eigenvalue weighted by atomic mass is 16.3. The van der Waals surface area contributed by atoms with Crippen molar-refractivity contribution in [3.05, 3.63) is 0 Å². The molecule has 2 aliphatic rings. The van der Waals surface area contributed by atoms with E-state index in [1.165, 1.54) is 0 Å². The predicted octanol–water partition coefficient (Wildman–Crippen LogP) is 0.985. The van der Waals surface area contributed by atoms with E-state index < -0.39 is 5.54 Å². The van der Waals surface area contributed by atoms with Gasteiger partial charge in [-0.3, -0.25) is 9.69 Å². The van der Waals surface area contributed by atoms with Crippen LogP contribution in [0.15, 0.2) is 0 Å². The van der Waals surface area contributed by atoms with Crippen molar-refractivity contribution in [3.63, 3.8) is 0 Å². The van der Waals surface area contributed by atoms with Gasteiger partial charge in [0.05, 0.1) is 12.6 Å². The number of aliphatic hydroxyl groups is 1. The first-order valence-corrected chi connectivity index (χ1v) is 7.62. The molecule has 2 rings (SSSR count). The van der Waals surface area contributed by atoms with Crippen molar-refractivity contribution in [3.8, 4) is 6.07 Å². The Morgan fingerprint density at radius 2 is 2.15 bits per heavy atom. The second-order valence-corrected chi connectivity index (χ2v) is 6.23. The highest BCUT2D eigenvalue weighted by molar-refractivity contribution is 5.79. The van der Waals surface area contributed by atoms with E-state index in [1.807, 2.05) is 0 Å². The first-order chi connectivity index (χ1) is 9.61. The van der Waals surface area contributed by atoms with Gasteiger partial charge in [-0.1, -0.05) is 19.3 Å². The normalized spacial score (nSPS) is 26.1. The van der Waals surface area contributed by atoms with Crippen molar-refractivity contribution in [2.24, 2.45) is 5.92 Å². The molecule has 0 aromatic rings. The van der Waals surface area contributed by atoms with E-state index >= 15 is 0 Å². The Bertz CT molecular complexity index is 385. The lowest BCUT2D eigenvalue weighted by molar-refractivity contribution is -0.135. The molecule has 1 N–H and O–H groups in total. The van der Waals surface area contributed by atoms with Gasteiger partial charge >= 0.3 is 0 Å². The van der Waals surface area contributed by atoms with E-state index in [2.05, 4.69) is 11.0 Å². The highest BCUT2D eigenvalue weighted by Gasteiger charge is 2.39. The van der Waals surface area contributed by atoms with Gasteiger partial charge in [-0.15, -0.1) is 0 Å². The molecule has 112 valence electrons. The van der Waals surface area contributed by atoms with Gasteiger partial charge in [0.2, 0.25) is 5.91 Å². The lowest BCUT2D eigenvalue weighted by Gasteiger charge is -2.39. The van der Waals surface area contributed by atoms with Crippen LogP contribution in [0.1, 0.15) is 38.5 Å². The summed E-state index contributed by atoms with van der Waals surface area (Å²) in [5.74, 6) is 0.333. The Labute approximate surface area is 121 Å². The lowest BCUT2D eigenvalue weighted by atomic mass is 9.81. The van der Waals surface area contributed by atoms with Crippen molar-refractivity contribution in [1.29, 1.82) is 5.26 Å². The molecule has 5 heteroatoms. The molecule has 20 heavy (non-hydrogen) atoms. The predicted molar refractivity (Wildman–Crippen MR) is 75.8 cm³/mol. The Morgan fingerprint density at radius 1 is 1.45 bits per heavy atom. The third-order valence-electron chi connectivity index (χ3n) is 4.89. The molecule has 1 unspecified atom stereocenters. The summed E-state index contributed by atoms with van der Waals surface area (Å²) in [6.45, 7) is 2.22. The molecule has 0 spiro atoms. The van der Waals surface area contributed by atoms with Crippen LogP contribution in [0.4, 0.5) is 0 Å². The molecule has 0 radical (unpaired) electrons. The fraction of sp³-hybridized carbons (Fsp3) is 0.867. The van der Waals surface area contributed by atoms with E-state index in [1.54, 1.807) is 11.9 Å². The molecule has 0 aromatic heterocycles. The number of hydrogen-bond acceptors (Lipinski definition) is 4. The van der Waals surface area contributed by atoms with Crippen LogP contribution < -0.4 is 0 Å². The van der Waals surface area contributed by atoms with Gasteiger partial charge in [0, 0.05) is 20.2 Å². The van der Waals surface area contributed by atoms with E-state index in [0.29, 0.717) is 12.5 Å². The monoisotopic (exact) mass is 279 g/mol. The van der Waals surface area contributed by atoms with E-state index in [9.17, 15) is 10.1 Å².